The molecule has 0 spiro atoms. The van der Waals surface area contributed by atoms with Crippen molar-refractivity contribution in [2.24, 2.45) is 5.92 Å². The Morgan fingerprint density at radius 3 is 2.92 bits per heavy atom. The molecule has 0 bridgehead atoms. The Hall–Kier alpha value is -2.50. The molecule has 1 amide bonds. The lowest BCUT2D eigenvalue weighted by Gasteiger charge is -2.32. The van der Waals surface area contributed by atoms with E-state index < -0.39 is 0 Å². The Bertz CT molecular complexity index is 704. The van der Waals surface area contributed by atoms with Gasteiger partial charge in [0, 0.05) is 25.7 Å². The first-order valence-corrected chi connectivity index (χ1v) is 8.21. The smallest absolute Gasteiger partial charge is 0.253 e. The van der Waals surface area contributed by atoms with E-state index >= 15 is 0 Å². The van der Waals surface area contributed by atoms with Crippen molar-refractivity contribution in [3.8, 4) is 0 Å². The molecule has 1 atom stereocenters. The molecule has 6 heteroatoms. The number of aromatic nitrogens is 2. The highest BCUT2D eigenvalue weighted by Gasteiger charge is 2.25. The standard InChI is InChI=1S/C18H21FN4O/c1-20-17-8-7-16(21-22-17)10-13-4-3-9-23(12-13)18(24)14-5-2-6-15(19)11-14/h2,5-8,11,13H,3-4,9-10,12H2,1H3,(H,20,22)/t13-/m0/s1. The zero-order valence-corrected chi connectivity index (χ0v) is 13.7. The van der Waals surface area contributed by atoms with Gasteiger partial charge in [-0.1, -0.05) is 6.07 Å². The summed E-state index contributed by atoms with van der Waals surface area (Å²) in [4.78, 5) is 14.4. The van der Waals surface area contributed by atoms with E-state index in [0.717, 1.165) is 37.3 Å². The van der Waals surface area contributed by atoms with Gasteiger partial charge in [-0.2, -0.15) is 5.10 Å². The lowest BCUT2D eigenvalue weighted by Crippen LogP contribution is -2.40. The Morgan fingerprint density at radius 1 is 1.33 bits per heavy atom. The van der Waals surface area contributed by atoms with E-state index in [0.29, 0.717) is 18.0 Å². The number of nitrogens with zero attached hydrogens (tertiary/aromatic N) is 3. The summed E-state index contributed by atoms with van der Waals surface area (Å²) in [6.07, 6.45) is 2.81. The molecule has 1 aromatic carbocycles. The molecule has 0 aliphatic carbocycles. The molecule has 0 unspecified atom stereocenters. The van der Waals surface area contributed by atoms with E-state index in [2.05, 4.69) is 15.5 Å². The van der Waals surface area contributed by atoms with Gasteiger partial charge >= 0.3 is 0 Å². The summed E-state index contributed by atoms with van der Waals surface area (Å²) in [6, 6.07) is 9.75. The number of carbonyl (C=O) groups excluding carboxylic acids is 1. The fraction of sp³-hybridized carbons (Fsp3) is 0.389. The van der Waals surface area contributed by atoms with Gasteiger partial charge in [0.1, 0.15) is 11.6 Å². The van der Waals surface area contributed by atoms with E-state index in [-0.39, 0.29) is 11.7 Å². The van der Waals surface area contributed by atoms with Crippen LogP contribution in [0.3, 0.4) is 0 Å². The van der Waals surface area contributed by atoms with E-state index in [9.17, 15) is 9.18 Å². The molecule has 0 radical (unpaired) electrons. The van der Waals surface area contributed by atoms with E-state index in [1.165, 1.54) is 12.1 Å². The number of hydrogen-bond donors (Lipinski definition) is 1. The van der Waals surface area contributed by atoms with Gasteiger partial charge in [-0.25, -0.2) is 4.39 Å². The largest absolute Gasteiger partial charge is 0.372 e. The Morgan fingerprint density at radius 2 is 2.21 bits per heavy atom. The van der Waals surface area contributed by atoms with Crippen molar-refractivity contribution in [1.29, 1.82) is 0 Å². The Kier molecular flexibility index (Phi) is 5.03. The first-order valence-electron chi connectivity index (χ1n) is 8.21. The predicted octanol–water partition coefficient (Wildman–Crippen LogP) is 2.75. The van der Waals surface area contributed by atoms with Gasteiger partial charge in [0.25, 0.3) is 5.91 Å². The summed E-state index contributed by atoms with van der Waals surface area (Å²) in [5.74, 6) is 0.612. The summed E-state index contributed by atoms with van der Waals surface area (Å²) in [5, 5.41) is 11.3. The van der Waals surface area contributed by atoms with E-state index in [1.54, 1.807) is 19.2 Å². The summed E-state index contributed by atoms with van der Waals surface area (Å²) >= 11 is 0. The molecule has 1 aliphatic rings. The molecule has 126 valence electrons. The molecule has 24 heavy (non-hydrogen) atoms. The third-order valence-electron chi connectivity index (χ3n) is 4.35. The molecule has 1 N–H and O–H groups in total. The first kappa shape index (κ1) is 16.4. The lowest BCUT2D eigenvalue weighted by molar-refractivity contribution is 0.0672. The number of likely N-dealkylation sites (tertiary alicyclic amines) is 1. The van der Waals surface area contributed by atoms with Crippen LogP contribution in [0, 0.1) is 11.7 Å². The molecule has 5 nitrogen and oxygen atoms in total. The summed E-state index contributed by atoms with van der Waals surface area (Å²) < 4.78 is 13.3. The van der Waals surface area contributed by atoms with Crippen molar-refractivity contribution < 1.29 is 9.18 Å². The van der Waals surface area contributed by atoms with Gasteiger partial charge in [-0.15, -0.1) is 5.10 Å². The number of benzene rings is 1. The van der Waals surface area contributed by atoms with Crippen LogP contribution in [0.15, 0.2) is 36.4 Å². The maximum Gasteiger partial charge on any atom is 0.253 e. The highest BCUT2D eigenvalue weighted by Crippen LogP contribution is 2.22. The zero-order valence-electron chi connectivity index (χ0n) is 13.7. The maximum atomic E-state index is 13.3. The van der Waals surface area contributed by atoms with Crippen LogP contribution in [0.5, 0.6) is 0 Å². The van der Waals surface area contributed by atoms with Crippen LogP contribution in [0.4, 0.5) is 10.2 Å². The van der Waals surface area contributed by atoms with Crippen LogP contribution in [-0.2, 0) is 6.42 Å². The third-order valence-corrected chi connectivity index (χ3v) is 4.35. The van der Waals surface area contributed by atoms with Crippen LogP contribution in [0.2, 0.25) is 0 Å². The second-order valence-electron chi connectivity index (χ2n) is 6.13. The Labute approximate surface area is 140 Å². The second-order valence-corrected chi connectivity index (χ2v) is 6.13. The predicted molar refractivity (Wildman–Crippen MR) is 90.3 cm³/mol. The third kappa shape index (κ3) is 3.88. The summed E-state index contributed by atoms with van der Waals surface area (Å²) in [7, 11) is 1.81. The number of hydrogen-bond acceptors (Lipinski definition) is 4. The van der Waals surface area contributed by atoms with Crippen molar-refractivity contribution >= 4 is 11.7 Å². The van der Waals surface area contributed by atoms with Crippen LogP contribution in [0.1, 0.15) is 28.9 Å². The SMILES string of the molecule is CNc1ccc(C[C@@H]2CCCN(C(=O)c3cccc(F)c3)C2)nn1. The highest BCUT2D eigenvalue weighted by atomic mass is 19.1. The average molecular weight is 328 g/mol. The topological polar surface area (TPSA) is 58.1 Å². The Balaban J connectivity index is 1.64. The minimum Gasteiger partial charge on any atom is -0.372 e. The summed E-state index contributed by atoms with van der Waals surface area (Å²) in [5.41, 5.74) is 1.34. The molecule has 1 saturated heterocycles. The number of amides is 1. The average Bonchev–Trinajstić information content (AvgIpc) is 2.62. The fourth-order valence-corrected chi connectivity index (χ4v) is 3.12. The number of rotatable bonds is 4. The number of nitrogens with one attached hydrogen (secondary N) is 1. The van der Waals surface area contributed by atoms with Crippen molar-refractivity contribution in [3.05, 3.63) is 53.5 Å². The van der Waals surface area contributed by atoms with Crippen molar-refractivity contribution in [2.75, 3.05) is 25.5 Å². The molecular formula is C18H21FN4O. The molecule has 1 aliphatic heterocycles. The maximum absolute atomic E-state index is 13.3. The van der Waals surface area contributed by atoms with Gasteiger partial charge < -0.3 is 10.2 Å². The van der Waals surface area contributed by atoms with Gasteiger partial charge in [0.2, 0.25) is 0 Å². The monoisotopic (exact) mass is 328 g/mol. The molecule has 3 rings (SSSR count). The van der Waals surface area contributed by atoms with Crippen LogP contribution < -0.4 is 5.32 Å². The van der Waals surface area contributed by atoms with E-state index in [4.69, 9.17) is 0 Å². The molecule has 2 aromatic rings. The van der Waals surface area contributed by atoms with Crippen LogP contribution in [-0.4, -0.2) is 41.1 Å². The molecule has 0 saturated carbocycles. The van der Waals surface area contributed by atoms with E-state index in [1.807, 2.05) is 17.0 Å². The van der Waals surface area contributed by atoms with Crippen molar-refractivity contribution in [2.45, 2.75) is 19.3 Å². The van der Waals surface area contributed by atoms with Crippen molar-refractivity contribution in [1.82, 2.24) is 15.1 Å². The molecule has 1 fully saturated rings. The lowest BCUT2D eigenvalue weighted by atomic mass is 9.93. The van der Waals surface area contributed by atoms with Gasteiger partial charge in [0.15, 0.2) is 0 Å². The normalized spacial score (nSPS) is 17.6. The highest BCUT2D eigenvalue weighted by molar-refractivity contribution is 5.94. The number of halogens is 1. The minimum absolute atomic E-state index is 0.101. The number of carbonyl (C=O) groups is 1. The second kappa shape index (κ2) is 7.38. The minimum atomic E-state index is -0.380. The van der Waals surface area contributed by atoms with Crippen LogP contribution in [0.25, 0.3) is 0 Å². The quantitative estimate of drug-likeness (QED) is 0.937. The van der Waals surface area contributed by atoms with Gasteiger partial charge in [-0.05, 0) is 55.5 Å². The van der Waals surface area contributed by atoms with Gasteiger partial charge in [0.05, 0.1) is 5.69 Å². The number of anilines is 1. The van der Waals surface area contributed by atoms with Crippen molar-refractivity contribution in [3.63, 3.8) is 0 Å². The van der Waals surface area contributed by atoms with Gasteiger partial charge in [-0.3, -0.25) is 4.79 Å². The first-order chi connectivity index (χ1) is 11.7. The van der Waals surface area contributed by atoms with Crippen LogP contribution >= 0.6 is 0 Å². The molecule has 2 heterocycles. The molecule has 1 aromatic heterocycles. The zero-order chi connectivity index (χ0) is 16.9. The fourth-order valence-electron chi connectivity index (χ4n) is 3.12. The number of piperidine rings is 1. The summed E-state index contributed by atoms with van der Waals surface area (Å²) in [6.45, 7) is 1.39. The molecular weight excluding hydrogens is 307 g/mol.